The molecule has 0 aromatic heterocycles. The van der Waals surface area contributed by atoms with Crippen molar-refractivity contribution in [2.45, 2.75) is 0 Å². The summed E-state index contributed by atoms with van der Waals surface area (Å²) in [5, 5.41) is 5.18. The van der Waals surface area contributed by atoms with Gasteiger partial charge in [0.2, 0.25) is 0 Å². The second-order valence-corrected chi connectivity index (χ2v) is 8.29. The van der Waals surface area contributed by atoms with E-state index in [1.165, 1.54) is 37.5 Å². The number of nitrogens with zero attached hydrogens (tertiary/aromatic N) is 1. The van der Waals surface area contributed by atoms with Gasteiger partial charge < -0.3 is 14.8 Å². The SMILES string of the molecule is COC(=O)c1ccc(N2C(=O)NC(=O)/C(=C/c3ccc(OCC(=O)Nc4ccccc4Cl)cc3)C2=O)cc1. The molecule has 5 amide bonds. The van der Waals surface area contributed by atoms with Gasteiger partial charge in [-0.15, -0.1) is 0 Å². The summed E-state index contributed by atoms with van der Waals surface area (Å²) < 4.78 is 10.1. The van der Waals surface area contributed by atoms with Crippen LogP contribution in [0.25, 0.3) is 6.08 Å². The summed E-state index contributed by atoms with van der Waals surface area (Å²) in [7, 11) is 1.23. The van der Waals surface area contributed by atoms with Crippen LogP contribution in [0.4, 0.5) is 16.2 Å². The zero-order chi connectivity index (χ0) is 27.2. The number of amides is 5. The maximum atomic E-state index is 13.1. The van der Waals surface area contributed by atoms with E-state index in [1.807, 2.05) is 0 Å². The Morgan fingerprint density at radius 3 is 2.32 bits per heavy atom. The molecule has 3 aromatic rings. The number of carbonyl (C=O) groups excluding carboxylic acids is 5. The van der Waals surface area contributed by atoms with Gasteiger partial charge in [0.25, 0.3) is 17.7 Å². The molecule has 1 saturated heterocycles. The molecule has 0 spiro atoms. The number of esters is 1. The van der Waals surface area contributed by atoms with E-state index in [4.69, 9.17) is 16.3 Å². The molecule has 11 heteroatoms. The fourth-order valence-electron chi connectivity index (χ4n) is 3.48. The van der Waals surface area contributed by atoms with E-state index in [9.17, 15) is 24.0 Å². The van der Waals surface area contributed by atoms with Crippen LogP contribution in [0.5, 0.6) is 5.75 Å². The summed E-state index contributed by atoms with van der Waals surface area (Å²) in [6.07, 6.45) is 1.33. The van der Waals surface area contributed by atoms with Crippen LogP contribution in [0.1, 0.15) is 15.9 Å². The molecule has 1 aliphatic rings. The summed E-state index contributed by atoms with van der Waals surface area (Å²) >= 11 is 6.03. The minimum atomic E-state index is -0.915. The number of anilines is 2. The quantitative estimate of drug-likeness (QED) is 0.268. The third-order valence-electron chi connectivity index (χ3n) is 5.36. The van der Waals surface area contributed by atoms with Gasteiger partial charge in [-0.25, -0.2) is 14.5 Å². The van der Waals surface area contributed by atoms with E-state index < -0.39 is 29.7 Å². The number of benzene rings is 3. The summed E-state index contributed by atoms with van der Waals surface area (Å²) in [4.78, 5) is 62.4. The summed E-state index contributed by atoms with van der Waals surface area (Å²) in [5.41, 5.74) is 1.07. The largest absolute Gasteiger partial charge is 0.484 e. The highest BCUT2D eigenvalue weighted by Crippen LogP contribution is 2.24. The summed E-state index contributed by atoms with van der Waals surface area (Å²) in [6, 6.07) is 17.8. The van der Waals surface area contributed by atoms with Crippen molar-refractivity contribution in [2.75, 3.05) is 23.9 Å². The lowest BCUT2D eigenvalue weighted by molar-refractivity contribution is -0.122. The van der Waals surface area contributed by atoms with E-state index in [0.29, 0.717) is 22.0 Å². The predicted molar refractivity (Wildman–Crippen MR) is 139 cm³/mol. The fraction of sp³-hybridized carbons (Fsp3) is 0.0741. The number of carbonyl (C=O) groups is 5. The molecular weight excluding hydrogens is 514 g/mol. The van der Waals surface area contributed by atoms with Gasteiger partial charge in [0, 0.05) is 0 Å². The van der Waals surface area contributed by atoms with E-state index >= 15 is 0 Å². The maximum absolute atomic E-state index is 13.1. The van der Waals surface area contributed by atoms with Crippen molar-refractivity contribution in [2.24, 2.45) is 0 Å². The molecule has 3 aromatic carbocycles. The molecule has 0 saturated carbocycles. The van der Waals surface area contributed by atoms with Crippen LogP contribution in [-0.2, 0) is 19.1 Å². The number of para-hydroxylation sites is 1. The Hall–Kier alpha value is -4.96. The number of hydrogen-bond acceptors (Lipinski definition) is 7. The number of halogens is 1. The summed E-state index contributed by atoms with van der Waals surface area (Å²) in [5.74, 6) is -2.28. The first-order chi connectivity index (χ1) is 18.3. The molecule has 1 aliphatic heterocycles. The van der Waals surface area contributed by atoms with Crippen LogP contribution < -0.4 is 20.3 Å². The summed E-state index contributed by atoms with van der Waals surface area (Å²) in [6.45, 7) is -0.265. The Balaban J connectivity index is 1.44. The monoisotopic (exact) mass is 533 g/mol. The number of rotatable bonds is 7. The minimum absolute atomic E-state index is 0.164. The molecule has 0 unspecified atom stereocenters. The van der Waals surface area contributed by atoms with Crippen LogP contribution in [0, 0.1) is 0 Å². The second-order valence-electron chi connectivity index (χ2n) is 7.88. The highest BCUT2D eigenvalue weighted by molar-refractivity contribution is 6.39. The third kappa shape index (κ3) is 5.88. The van der Waals surface area contributed by atoms with Gasteiger partial charge in [0.15, 0.2) is 6.61 Å². The first-order valence-corrected chi connectivity index (χ1v) is 11.5. The molecule has 0 aliphatic carbocycles. The van der Waals surface area contributed by atoms with Gasteiger partial charge >= 0.3 is 12.0 Å². The smallest absolute Gasteiger partial charge is 0.337 e. The molecule has 0 radical (unpaired) electrons. The molecule has 10 nitrogen and oxygen atoms in total. The van der Waals surface area contributed by atoms with E-state index in [2.05, 4.69) is 15.4 Å². The predicted octanol–water partition coefficient (Wildman–Crippen LogP) is 3.81. The van der Waals surface area contributed by atoms with Gasteiger partial charge in [-0.3, -0.25) is 19.7 Å². The number of methoxy groups -OCH3 is 1. The fourth-order valence-corrected chi connectivity index (χ4v) is 3.66. The van der Waals surface area contributed by atoms with Crippen molar-refractivity contribution in [3.63, 3.8) is 0 Å². The number of urea groups is 1. The van der Waals surface area contributed by atoms with Gasteiger partial charge in [0.1, 0.15) is 11.3 Å². The second kappa shape index (κ2) is 11.4. The van der Waals surface area contributed by atoms with Crippen LogP contribution >= 0.6 is 11.6 Å². The number of nitrogens with one attached hydrogen (secondary N) is 2. The molecule has 192 valence electrons. The Morgan fingerprint density at radius 1 is 0.974 bits per heavy atom. The average molecular weight is 534 g/mol. The number of hydrogen-bond donors (Lipinski definition) is 2. The maximum Gasteiger partial charge on any atom is 0.337 e. The molecule has 2 N–H and O–H groups in total. The molecule has 0 atom stereocenters. The zero-order valence-corrected chi connectivity index (χ0v) is 20.7. The van der Waals surface area contributed by atoms with E-state index in [0.717, 1.165) is 4.90 Å². The van der Waals surface area contributed by atoms with Crippen LogP contribution in [-0.4, -0.2) is 43.4 Å². The van der Waals surface area contributed by atoms with Gasteiger partial charge in [-0.1, -0.05) is 35.9 Å². The van der Waals surface area contributed by atoms with Gasteiger partial charge in [0.05, 0.1) is 29.1 Å². The van der Waals surface area contributed by atoms with Gasteiger partial charge in [-0.05, 0) is 60.2 Å². The number of imide groups is 2. The standard InChI is InChI=1S/C27H20ClN3O7/c1-37-26(35)17-8-10-18(11-9-17)31-25(34)20(24(33)30-27(31)36)14-16-6-12-19(13-7-16)38-15-23(32)29-22-5-3-2-4-21(22)28/h2-14H,15H2,1H3,(H,29,32)(H,30,33,36)/b20-14-. The Kier molecular flexibility index (Phi) is 7.83. The van der Waals surface area contributed by atoms with E-state index in [-0.39, 0.29) is 23.4 Å². The third-order valence-corrected chi connectivity index (χ3v) is 5.69. The Bertz CT molecular complexity index is 1450. The number of ether oxygens (including phenoxy) is 2. The lowest BCUT2D eigenvalue weighted by atomic mass is 10.1. The molecule has 38 heavy (non-hydrogen) atoms. The number of barbiturate groups is 1. The van der Waals surface area contributed by atoms with Crippen molar-refractivity contribution in [3.05, 3.63) is 94.5 Å². The van der Waals surface area contributed by atoms with Crippen LogP contribution in [0.3, 0.4) is 0 Å². The van der Waals surface area contributed by atoms with Crippen molar-refractivity contribution in [1.29, 1.82) is 0 Å². The van der Waals surface area contributed by atoms with E-state index in [1.54, 1.807) is 48.5 Å². The lowest BCUT2D eigenvalue weighted by Crippen LogP contribution is -2.54. The highest BCUT2D eigenvalue weighted by atomic mass is 35.5. The zero-order valence-electron chi connectivity index (χ0n) is 19.9. The van der Waals surface area contributed by atoms with Crippen molar-refractivity contribution >= 4 is 58.8 Å². The topological polar surface area (TPSA) is 131 Å². The first-order valence-electron chi connectivity index (χ1n) is 11.1. The molecule has 0 bridgehead atoms. The van der Waals surface area contributed by atoms with Crippen molar-refractivity contribution < 1.29 is 33.4 Å². The first kappa shape index (κ1) is 26.1. The van der Waals surface area contributed by atoms with Crippen molar-refractivity contribution in [3.8, 4) is 5.75 Å². The van der Waals surface area contributed by atoms with Crippen LogP contribution in [0.15, 0.2) is 78.4 Å². The average Bonchev–Trinajstić information content (AvgIpc) is 2.91. The molecule has 4 rings (SSSR count). The Labute approximate surface area is 221 Å². The molecular formula is C27H20ClN3O7. The normalized spacial score (nSPS) is 14.2. The highest BCUT2D eigenvalue weighted by Gasteiger charge is 2.36. The van der Waals surface area contributed by atoms with Crippen molar-refractivity contribution in [1.82, 2.24) is 5.32 Å². The van der Waals surface area contributed by atoms with Crippen LogP contribution in [0.2, 0.25) is 5.02 Å². The molecule has 1 fully saturated rings. The molecule has 1 heterocycles. The Morgan fingerprint density at radius 2 is 1.66 bits per heavy atom. The lowest BCUT2D eigenvalue weighted by Gasteiger charge is -2.26. The minimum Gasteiger partial charge on any atom is -0.484 e. The van der Waals surface area contributed by atoms with Gasteiger partial charge in [-0.2, -0.15) is 0 Å².